The molecule has 170 valence electrons. The summed E-state index contributed by atoms with van der Waals surface area (Å²) < 4.78 is 18.0. The van der Waals surface area contributed by atoms with Crippen molar-refractivity contribution in [1.82, 2.24) is 24.1 Å². The summed E-state index contributed by atoms with van der Waals surface area (Å²) in [5.41, 5.74) is 3.19. The van der Waals surface area contributed by atoms with Crippen molar-refractivity contribution in [2.45, 2.75) is 45.2 Å². The Labute approximate surface area is 190 Å². The number of hydrogen-bond acceptors (Lipinski definition) is 5. The number of hydrogen-bond donors (Lipinski definition) is 2. The normalized spacial score (nSPS) is 18.5. The largest absolute Gasteiger partial charge is 0.356 e. The molecule has 2 fully saturated rings. The van der Waals surface area contributed by atoms with Gasteiger partial charge in [-0.05, 0) is 45.2 Å². The van der Waals surface area contributed by atoms with Gasteiger partial charge in [0.05, 0.1) is 22.6 Å². The molecule has 1 amide bonds. The van der Waals surface area contributed by atoms with Crippen LogP contribution in [-0.4, -0.2) is 49.8 Å². The molecule has 1 aliphatic heterocycles. The Morgan fingerprint density at radius 2 is 1.82 bits per heavy atom. The molecule has 0 aromatic carbocycles. The molecule has 0 spiro atoms. The highest BCUT2D eigenvalue weighted by Crippen LogP contribution is 2.27. The molecule has 4 aromatic rings. The van der Waals surface area contributed by atoms with E-state index in [0.29, 0.717) is 34.7 Å². The third-order valence-electron chi connectivity index (χ3n) is 6.40. The average molecular weight is 448 g/mol. The van der Waals surface area contributed by atoms with Gasteiger partial charge in [0.2, 0.25) is 0 Å². The van der Waals surface area contributed by atoms with Crippen molar-refractivity contribution < 1.29 is 9.18 Å². The second-order valence-electron chi connectivity index (χ2n) is 9.20. The van der Waals surface area contributed by atoms with E-state index in [2.05, 4.69) is 25.5 Å². The summed E-state index contributed by atoms with van der Waals surface area (Å²) in [4.78, 5) is 24.3. The fraction of sp³-hybridized carbons (Fsp3) is 0.375. The Hall–Kier alpha value is -3.46. The molecule has 9 heteroatoms. The lowest BCUT2D eigenvalue weighted by Crippen LogP contribution is -2.34. The maximum Gasteiger partial charge on any atom is 0.259 e. The molecule has 0 bridgehead atoms. The SMILES string of the molecule is Cc1cn2cc(NC(=O)c3ccc(N4CC[C@@H](NC5CC5)C4)n4cc(C)nc34)cc(F)c2n1. The number of halogens is 1. The number of anilines is 2. The number of pyridine rings is 2. The van der Waals surface area contributed by atoms with Crippen molar-refractivity contribution in [2.24, 2.45) is 0 Å². The monoisotopic (exact) mass is 447 g/mol. The van der Waals surface area contributed by atoms with Gasteiger partial charge in [0.1, 0.15) is 5.82 Å². The molecule has 1 aliphatic carbocycles. The highest BCUT2D eigenvalue weighted by atomic mass is 19.1. The summed E-state index contributed by atoms with van der Waals surface area (Å²) in [6.07, 6.45) is 9.01. The summed E-state index contributed by atoms with van der Waals surface area (Å²) >= 11 is 0. The molecule has 4 aromatic heterocycles. The van der Waals surface area contributed by atoms with Gasteiger partial charge in [-0.25, -0.2) is 14.4 Å². The van der Waals surface area contributed by atoms with Crippen LogP contribution in [0.3, 0.4) is 0 Å². The van der Waals surface area contributed by atoms with Crippen LogP contribution in [-0.2, 0) is 0 Å². The van der Waals surface area contributed by atoms with Crippen LogP contribution in [0.5, 0.6) is 0 Å². The van der Waals surface area contributed by atoms with E-state index in [9.17, 15) is 9.18 Å². The minimum atomic E-state index is -0.485. The standard InChI is InChI=1S/C24H26FN7O/c1-14-10-31-13-18(9-20(25)23(31)27-14)29-24(33)19-5-6-21(32-11-15(2)26-22(19)32)30-8-7-17(12-30)28-16-3-4-16/h5-6,9-11,13,16-17,28H,3-4,7-8,12H2,1-2H3,(H,29,33)/t17-/m1/s1. The Balaban J connectivity index is 1.29. The molecule has 8 nitrogen and oxygen atoms in total. The fourth-order valence-corrected chi connectivity index (χ4v) is 4.74. The molecule has 0 radical (unpaired) electrons. The van der Waals surface area contributed by atoms with Crippen LogP contribution in [0.2, 0.25) is 0 Å². The molecule has 6 rings (SSSR count). The van der Waals surface area contributed by atoms with Crippen LogP contribution in [0.4, 0.5) is 15.9 Å². The number of amides is 1. The first-order valence-corrected chi connectivity index (χ1v) is 11.4. The van der Waals surface area contributed by atoms with E-state index >= 15 is 0 Å². The smallest absolute Gasteiger partial charge is 0.259 e. The predicted octanol–water partition coefficient (Wildman–Crippen LogP) is 3.32. The highest BCUT2D eigenvalue weighted by molar-refractivity contribution is 6.08. The summed E-state index contributed by atoms with van der Waals surface area (Å²) in [7, 11) is 0. The zero-order valence-electron chi connectivity index (χ0n) is 18.7. The lowest BCUT2D eigenvalue weighted by Gasteiger charge is -2.21. The zero-order valence-corrected chi connectivity index (χ0v) is 18.7. The molecule has 33 heavy (non-hydrogen) atoms. The first-order chi connectivity index (χ1) is 15.9. The fourth-order valence-electron chi connectivity index (χ4n) is 4.74. The third kappa shape index (κ3) is 3.72. The van der Waals surface area contributed by atoms with Crippen LogP contribution in [0.1, 0.15) is 41.0 Å². The van der Waals surface area contributed by atoms with Crippen LogP contribution in [0, 0.1) is 19.7 Å². The maximum absolute atomic E-state index is 14.4. The minimum absolute atomic E-state index is 0.237. The number of nitrogens with zero attached hydrogens (tertiary/aromatic N) is 5. The summed E-state index contributed by atoms with van der Waals surface area (Å²) in [5.74, 6) is 0.215. The number of rotatable bonds is 5. The van der Waals surface area contributed by atoms with Crippen molar-refractivity contribution in [3.8, 4) is 0 Å². The lowest BCUT2D eigenvalue weighted by molar-refractivity contribution is 0.102. The van der Waals surface area contributed by atoms with Gasteiger partial charge in [-0.1, -0.05) is 0 Å². The first kappa shape index (κ1) is 20.2. The van der Waals surface area contributed by atoms with Crippen molar-refractivity contribution in [1.29, 1.82) is 0 Å². The van der Waals surface area contributed by atoms with Gasteiger partial charge in [0, 0.05) is 49.8 Å². The zero-order chi connectivity index (χ0) is 22.7. The quantitative estimate of drug-likeness (QED) is 0.491. The first-order valence-electron chi connectivity index (χ1n) is 11.4. The Kier molecular flexibility index (Phi) is 4.62. The number of imidazole rings is 2. The molecule has 0 unspecified atom stereocenters. The van der Waals surface area contributed by atoms with Crippen molar-refractivity contribution >= 4 is 28.7 Å². The molecule has 1 saturated carbocycles. The second-order valence-corrected chi connectivity index (χ2v) is 9.20. The molecular weight excluding hydrogens is 421 g/mol. The summed E-state index contributed by atoms with van der Waals surface area (Å²) in [6.45, 7) is 5.63. The average Bonchev–Trinajstić information content (AvgIpc) is 3.13. The molecule has 2 N–H and O–H groups in total. The van der Waals surface area contributed by atoms with E-state index in [1.807, 2.05) is 29.7 Å². The molecule has 1 atom stereocenters. The van der Waals surface area contributed by atoms with Gasteiger partial charge in [0.25, 0.3) is 5.91 Å². The van der Waals surface area contributed by atoms with E-state index in [0.717, 1.165) is 31.0 Å². The number of aryl methyl sites for hydroxylation is 2. The third-order valence-corrected chi connectivity index (χ3v) is 6.40. The van der Waals surface area contributed by atoms with Crippen LogP contribution < -0.4 is 15.5 Å². The summed E-state index contributed by atoms with van der Waals surface area (Å²) in [5, 5.41) is 6.54. The number of aromatic nitrogens is 4. The van der Waals surface area contributed by atoms with E-state index < -0.39 is 5.82 Å². The number of fused-ring (bicyclic) bond motifs is 2. The molecular formula is C24H26FN7O. The lowest BCUT2D eigenvalue weighted by atomic mass is 10.2. The van der Waals surface area contributed by atoms with E-state index in [4.69, 9.17) is 0 Å². The molecule has 2 aliphatic rings. The van der Waals surface area contributed by atoms with Gasteiger partial charge >= 0.3 is 0 Å². The maximum atomic E-state index is 14.4. The molecule has 5 heterocycles. The van der Waals surface area contributed by atoms with Crippen LogP contribution in [0.15, 0.2) is 36.8 Å². The van der Waals surface area contributed by atoms with Gasteiger partial charge in [0.15, 0.2) is 17.1 Å². The number of nitrogens with one attached hydrogen (secondary N) is 2. The highest BCUT2D eigenvalue weighted by Gasteiger charge is 2.30. The van der Waals surface area contributed by atoms with Gasteiger partial charge < -0.3 is 19.9 Å². The summed E-state index contributed by atoms with van der Waals surface area (Å²) in [6, 6.07) is 6.26. The second kappa shape index (κ2) is 7.55. The number of carbonyl (C=O) groups is 1. The van der Waals surface area contributed by atoms with Gasteiger partial charge in [-0.15, -0.1) is 0 Å². The van der Waals surface area contributed by atoms with Gasteiger partial charge in [-0.2, -0.15) is 0 Å². The Morgan fingerprint density at radius 3 is 2.64 bits per heavy atom. The van der Waals surface area contributed by atoms with Crippen molar-refractivity contribution in [3.05, 3.63) is 59.6 Å². The van der Waals surface area contributed by atoms with Crippen LogP contribution in [0.25, 0.3) is 11.3 Å². The molecule has 1 saturated heterocycles. The van der Waals surface area contributed by atoms with E-state index in [1.54, 1.807) is 23.7 Å². The van der Waals surface area contributed by atoms with Gasteiger partial charge in [-0.3, -0.25) is 9.20 Å². The van der Waals surface area contributed by atoms with Crippen molar-refractivity contribution in [2.75, 3.05) is 23.3 Å². The topological polar surface area (TPSA) is 79.0 Å². The van der Waals surface area contributed by atoms with Crippen LogP contribution >= 0.6 is 0 Å². The van der Waals surface area contributed by atoms with E-state index in [1.165, 1.54) is 18.9 Å². The predicted molar refractivity (Wildman–Crippen MR) is 125 cm³/mol. The Morgan fingerprint density at radius 1 is 1.03 bits per heavy atom. The number of carbonyl (C=O) groups excluding carboxylic acids is 1. The minimum Gasteiger partial charge on any atom is -0.356 e. The van der Waals surface area contributed by atoms with E-state index in [-0.39, 0.29) is 11.6 Å². The van der Waals surface area contributed by atoms with Crippen molar-refractivity contribution in [3.63, 3.8) is 0 Å². The Bertz CT molecular complexity index is 1390.